The molecule has 0 amide bonds. The topological polar surface area (TPSA) is 52.0 Å². The number of nitrogens with zero attached hydrogens (tertiary/aromatic N) is 1. The fourth-order valence-electron chi connectivity index (χ4n) is 1.28. The van der Waals surface area contributed by atoms with E-state index in [4.69, 9.17) is 33.5 Å². The van der Waals surface area contributed by atoms with Crippen LogP contribution in [0.25, 0.3) is 11.3 Å². The Labute approximate surface area is 96.8 Å². The summed E-state index contributed by atoms with van der Waals surface area (Å²) in [4.78, 5) is 0. The summed E-state index contributed by atoms with van der Waals surface area (Å²) in [5.74, 6) is 0.293. The van der Waals surface area contributed by atoms with E-state index in [9.17, 15) is 0 Å². The second kappa shape index (κ2) is 3.76. The number of aromatic nitrogens is 1. The van der Waals surface area contributed by atoms with Crippen molar-refractivity contribution in [2.45, 2.75) is 6.92 Å². The van der Waals surface area contributed by atoms with Gasteiger partial charge in [0.2, 0.25) is 5.88 Å². The lowest BCUT2D eigenvalue weighted by atomic mass is 10.1. The van der Waals surface area contributed by atoms with Crippen LogP contribution in [-0.2, 0) is 0 Å². The zero-order chi connectivity index (χ0) is 11.0. The molecular weight excluding hydrogens is 235 g/mol. The lowest BCUT2D eigenvalue weighted by Crippen LogP contribution is -1.86. The van der Waals surface area contributed by atoms with E-state index in [-0.39, 0.29) is 0 Å². The molecule has 0 unspecified atom stereocenters. The molecule has 0 bridgehead atoms. The minimum Gasteiger partial charge on any atom is -0.367 e. The van der Waals surface area contributed by atoms with E-state index >= 15 is 0 Å². The molecule has 2 N–H and O–H groups in total. The van der Waals surface area contributed by atoms with Crippen molar-refractivity contribution >= 4 is 29.1 Å². The average Bonchev–Trinajstić information content (AvgIpc) is 2.52. The highest BCUT2D eigenvalue weighted by Gasteiger charge is 2.14. The van der Waals surface area contributed by atoms with Crippen molar-refractivity contribution in [2.24, 2.45) is 0 Å². The van der Waals surface area contributed by atoms with Crippen molar-refractivity contribution in [3.8, 4) is 11.3 Å². The smallest absolute Gasteiger partial charge is 0.225 e. The fraction of sp³-hybridized carbons (Fsp3) is 0.100. The molecule has 2 aromatic rings. The highest BCUT2D eigenvalue weighted by atomic mass is 35.5. The molecule has 1 heterocycles. The van der Waals surface area contributed by atoms with Crippen LogP contribution in [0.3, 0.4) is 0 Å². The van der Waals surface area contributed by atoms with Crippen LogP contribution < -0.4 is 5.73 Å². The van der Waals surface area contributed by atoms with Crippen LogP contribution in [0.15, 0.2) is 22.7 Å². The molecule has 0 radical (unpaired) electrons. The van der Waals surface area contributed by atoms with Crippen molar-refractivity contribution in [1.82, 2.24) is 5.16 Å². The van der Waals surface area contributed by atoms with Crippen molar-refractivity contribution in [3.63, 3.8) is 0 Å². The summed E-state index contributed by atoms with van der Waals surface area (Å²) in [5, 5.41) is 5.00. The molecule has 5 heteroatoms. The number of hydrogen-bond donors (Lipinski definition) is 1. The summed E-state index contributed by atoms with van der Waals surface area (Å²) in [5.41, 5.74) is 7.67. The van der Waals surface area contributed by atoms with Crippen LogP contribution in [0.2, 0.25) is 10.0 Å². The first-order valence-electron chi connectivity index (χ1n) is 4.26. The first-order valence-corrected chi connectivity index (χ1v) is 5.02. The largest absolute Gasteiger partial charge is 0.367 e. The molecule has 0 atom stereocenters. The molecular formula is C10H8Cl2N2O. The number of benzene rings is 1. The Bertz CT molecular complexity index is 508. The zero-order valence-electron chi connectivity index (χ0n) is 7.92. The van der Waals surface area contributed by atoms with E-state index in [0.717, 1.165) is 11.1 Å². The van der Waals surface area contributed by atoms with Crippen molar-refractivity contribution in [2.75, 3.05) is 5.73 Å². The third-order valence-corrected chi connectivity index (χ3v) is 2.71. The third kappa shape index (κ3) is 1.80. The lowest BCUT2D eigenvalue weighted by molar-refractivity contribution is 0.439. The SMILES string of the molecule is Cc1c(-c2cc(Cl)ccc2Cl)noc1N. The molecule has 0 aliphatic carbocycles. The van der Waals surface area contributed by atoms with Gasteiger partial charge >= 0.3 is 0 Å². The molecule has 15 heavy (non-hydrogen) atoms. The summed E-state index contributed by atoms with van der Waals surface area (Å²) in [6.07, 6.45) is 0. The van der Waals surface area contributed by atoms with Gasteiger partial charge in [0.25, 0.3) is 0 Å². The van der Waals surface area contributed by atoms with Gasteiger partial charge in [0.05, 0.1) is 5.02 Å². The summed E-state index contributed by atoms with van der Waals surface area (Å²) < 4.78 is 4.87. The van der Waals surface area contributed by atoms with Gasteiger partial charge in [0, 0.05) is 16.1 Å². The van der Waals surface area contributed by atoms with Crippen LogP contribution in [0, 0.1) is 6.92 Å². The first-order chi connectivity index (χ1) is 7.09. The molecule has 0 saturated carbocycles. The van der Waals surface area contributed by atoms with E-state index in [1.165, 1.54) is 0 Å². The van der Waals surface area contributed by atoms with Gasteiger partial charge < -0.3 is 10.3 Å². The maximum absolute atomic E-state index is 6.03. The quantitative estimate of drug-likeness (QED) is 0.833. The number of hydrogen-bond acceptors (Lipinski definition) is 3. The Hall–Kier alpha value is -1.19. The summed E-state index contributed by atoms with van der Waals surface area (Å²) in [6.45, 7) is 1.82. The zero-order valence-corrected chi connectivity index (χ0v) is 9.43. The van der Waals surface area contributed by atoms with Gasteiger partial charge in [0.15, 0.2) is 0 Å². The van der Waals surface area contributed by atoms with Gasteiger partial charge in [-0.2, -0.15) is 0 Å². The highest BCUT2D eigenvalue weighted by Crippen LogP contribution is 2.33. The van der Waals surface area contributed by atoms with Crippen LogP contribution in [0.4, 0.5) is 5.88 Å². The molecule has 0 saturated heterocycles. The predicted molar refractivity (Wildman–Crippen MR) is 61.1 cm³/mol. The maximum atomic E-state index is 6.03. The predicted octanol–water partition coefficient (Wildman–Crippen LogP) is 3.54. The van der Waals surface area contributed by atoms with Crippen molar-refractivity contribution < 1.29 is 4.52 Å². The Kier molecular flexibility index (Phi) is 2.59. The first kappa shape index (κ1) is 10.3. The van der Waals surface area contributed by atoms with Gasteiger partial charge in [-0.05, 0) is 25.1 Å². The Morgan fingerprint density at radius 1 is 1.33 bits per heavy atom. The molecule has 0 aliphatic rings. The molecule has 0 aliphatic heterocycles. The van der Waals surface area contributed by atoms with Gasteiger partial charge in [-0.25, -0.2) is 0 Å². The molecule has 0 fully saturated rings. The van der Waals surface area contributed by atoms with Crippen molar-refractivity contribution in [3.05, 3.63) is 33.8 Å². The summed E-state index contributed by atoms with van der Waals surface area (Å²) in [7, 11) is 0. The van der Waals surface area contributed by atoms with Crippen LogP contribution in [0.1, 0.15) is 5.56 Å². The molecule has 1 aromatic heterocycles. The number of nitrogens with two attached hydrogens (primary N) is 1. The van der Waals surface area contributed by atoms with E-state index in [0.29, 0.717) is 21.6 Å². The molecule has 3 nitrogen and oxygen atoms in total. The van der Waals surface area contributed by atoms with Crippen LogP contribution >= 0.6 is 23.2 Å². The summed E-state index contributed by atoms with van der Waals surface area (Å²) >= 11 is 11.9. The van der Waals surface area contributed by atoms with E-state index in [2.05, 4.69) is 5.16 Å². The molecule has 2 rings (SSSR count). The molecule has 0 spiro atoms. The fourth-order valence-corrected chi connectivity index (χ4v) is 1.66. The lowest BCUT2D eigenvalue weighted by Gasteiger charge is -2.01. The van der Waals surface area contributed by atoms with Gasteiger partial charge in [-0.1, -0.05) is 28.4 Å². The molecule has 78 valence electrons. The Morgan fingerprint density at radius 2 is 2.07 bits per heavy atom. The van der Waals surface area contributed by atoms with Gasteiger partial charge in [0.1, 0.15) is 5.69 Å². The van der Waals surface area contributed by atoms with Gasteiger partial charge in [-0.3, -0.25) is 0 Å². The summed E-state index contributed by atoms with van der Waals surface area (Å²) in [6, 6.07) is 5.16. The van der Waals surface area contributed by atoms with Crippen LogP contribution in [0.5, 0.6) is 0 Å². The van der Waals surface area contributed by atoms with E-state index < -0.39 is 0 Å². The number of anilines is 1. The highest BCUT2D eigenvalue weighted by molar-refractivity contribution is 6.35. The number of halogens is 2. The third-order valence-electron chi connectivity index (χ3n) is 2.14. The second-order valence-corrected chi connectivity index (χ2v) is 3.99. The number of rotatable bonds is 1. The normalized spacial score (nSPS) is 10.6. The molecule has 1 aromatic carbocycles. The van der Waals surface area contributed by atoms with E-state index in [1.54, 1.807) is 18.2 Å². The Morgan fingerprint density at radius 3 is 2.67 bits per heavy atom. The average molecular weight is 243 g/mol. The maximum Gasteiger partial charge on any atom is 0.225 e. The minimum absolute atomic E-state index is 0.293. The monoisotopic (exact) mass is 242 g/mol. The van der Waals surface area contributed by atoms with Crippen molar-refractivity contribution in [1.29, 1.82) is 0 Å². The Balaban J connectivity index is 2.63. The second-order valence-electron chi connectivity index (χ2n) is 3.14. The standard InChI is InChI=1S/C10H8Cl2N2O/c1-5-9(14-15-10(5)13)7-4-6(11)2-3-8(7)12/h2-4H,13H2,1H3. The minimum atomic E-state index is 0.293. The van der Waals surface area contributed by atoms with Crippen LogP contribution in [-0.4, -0.2) is 5.16 Å². The van der Waals surface area contributed by atoms with E-state index in [1.807, 2.05) is 6.92 Å². The van der Waals surface area contributed by atoms with Gasteiger partial charge in [-0.15, -0.1) is 0 Å². The number of nitrogen functional groups attached to an aromatic ring is 1.